The number of benzene rings is 1. The lowest BCUT2D eigenvalue weighted by Crippen LogP contribution is -2.37. The van der Waals surface area contributed by atoms with Crippen molar-refractivity contribution in [2.75, 3.05) is 13.1 Å². The van der Waals surface area contributed by atoms with Gasteiger partial charge in [0.1, 0.15) is 5.82 Å². The van der Waals surface area contributed by atoms with E-state index >= 15 is 0 Å². The fraction of sp³-hybridized carbons (Fsp3) is 0.571. The van der Waals surface area contributed by atoms with Crippen molar-refractivity contribution in [1.29, 1.82) is 0 Å². The molecule has 0 aromatic heterocycles. The molecule has 1 aromatic rings. The molecule has 1 aromatic carbocycles. The van der Waals surface area contributed by atoms with E-state index < -0.39 is 18.8 Å². The Morgan fingerprint density at radius 2 is 2.00 bits per heavy atom. The Bertz CT molecular complexity index is 443. The molecule has 0 radical (unpaired) electrons. The summed E-state index contributed by atoms with van der Waals surface area (Å²) in [5.74, 6) is -0.382. The van der Waals surface area contributed by atoms with Crippen LogP contribution in [0.15, 0.2) is 24.3 Å². The average Bonchev–Trinajstić information content (AvgIpc) is 3.17. The average molecular weight is 290 g/mol. The van der Waals surface area contributed by atoms with Crippen LogP contribution in [0.3, 0.4) is 0 Å². The molecule has 112 valence electrons. The Hall–Kier alpha value is -1.14. The molecule has 1 atom stereocenters. The van der Waals surface area contributed by atoms with Crippen molar-refractivity contribution in [3.63, 3.8) is 0 Å². The second-order valence-electron chi connectivity index (χ2n) is 5.27. The molecule has 6 heteroatoms. The van der Waals surface area contributed by atoms with Crippen molar-refractivity contribution in [2.24, 2.45) is 5.73 Å². The van der Waals surface area contributed by atoms with Crippen molar-refractivity contribution in [2.45, 2.75) is 37.5 Å². The summed E-state index contributed by atoms with van der Waals surface area (Å²) in [5.41, 5.74) is 6.54. The number of alkyl halides is 3. The van der Waals surface area contributed by atoms with E-state index in [4.69, 9.17) is 5.73 Å². The highest BCUT2D eigenvalue weighted by molar-refractivity contribution is 5.19. The van der Waals surface area contributed by atoms with E-state index in [0.717, 1.165) is 12.8 Å². The minimum absolute atomic E-state index is 0.0244. The molecule has 0 saturated heterocycles. The molecule has 1 aliphatic rings. The first kappa shape index (κ1) is 15.3. The standard InChI is InChI=1S/C14H18F4N2/c15-11-3-1-2-10(8-11)13(19)6-7-20(12-4-5-12)9-14(16,17)18/h1-3,8,12-13H,4-7,9,19H2. The van der Waals surface area contributed by atoms with E-state index in [1.165, 1.54) is 17.0 Å². The van der Waals surface area contributed by atoms with Gasteiger partial charge in [-0.15, -0.1) is 0 Å². The molecule has 0 heterocycles. The molecule has 0 spiro atoms. The van der Waals surface area contributed by atoms with Crippen molar-refractivity contribution in [1.82, 2.24) is 4.90 Å². The van der Waals surface area contributed by atoms with Crippen LogP contribution < -0.4 is 5.73 Å². The highest BCUT2D eigenvalue weighted by atomic mass is 19.4. The summed E-state index contributed by atoms with van der Waals surface area (Å²) in [7, 11) is 0. The van der Waals surface area contributed by atoms with Crippen LogP contribution in [0.4, 0.5) is 17.6 Å². The van der Waals surface area contributed by atoms with Crippen LogP contribution in [0.25, 0.3) is 0 Å². The largest absolute Gasteiger partial charge is 0.401 e. The number of hydrogen-bond acceptors (Lipinski definition) is 2. The summed E-state index contributed by atoms with van der Waals surface area (Å²) in [6, 6.07) is 5.47. The lowest BCUT2D eigenvalue weighted by molar-refractivity contribution is -0.147. The minimum Gasteiger partial charge on any atom is -0.324 e. The van der Waals surface area contributed by atoms with Gasteiger partial charge >= 0.3 is 6.18 Å². The van der Waals surface area contributed by atoms with E-state index in [1.807, 2.05) is 0 Å². The van der Waals surface area contributed by atoms with Crippen LogP contribution in [-0.2, 0) is 0 Å². The number of nitrogens with two attached hydrogens (primary N) is 1. The zero-order chi connectivity index (χ0) is 14.8. The molecular weight excluding hydrogens is 272 g/mol. The molecule has 0 amide bonds. The third-order valence-electron chi connectivity index (χ3n) is 3.45. The van der Waals surface area contributed by atoms with Gasteiger partial charge < -0.3 is 5.73 Å². The third-order valence-corrected chi connectivity index (χ3v) is 3.45. The van der Waals surface area contributed by atoms with Gasteiger partial charge in [-0.25, -0.2) is 4.39 Å². The Balaban J connectivity index is 1.89. The Morgan fingerprint density at radius 3 is 2.55 bits per heavy atom. The maximum Gasteiger partial charge on any atom is 0.401 e. The van der Waals surface area contributed by atoms with E-state index in [-0.39, 0.29) is 18.4 Å². The first-order valence-electron chi connectivity index (χ1n) is 6.67. The Kier molecular flexibility index (Phi) is 4.65. The van der Waals surface area contributed by atoms with Crippen LogP contribution in [0.1, 0.15) is 30.9 Å². The van der Waals surface area contributed by atoms with Crippen LogP contribution in [0.5, 0.6) is 0 Å². The lowest BCUT2D eigenvalue weighted by atomic mass is 10.0. The van der Waals surface area contributed by atoms with Crippen molar-refractivity contribution >= 4 is 0 Å². The Labute approximate surface area is 115 Å². The van der Waals surface area contributed by atoms with E-state index in [9.17, 15) is 17.6 Å². The number of nitrogens with zero attached hydrogens (tertiary/aromatic N) is 1. The van der Waals surface area contributed by atoms with Gasteiger partial charge in [0, 0.05) is 18.6 Å². The van der Waals surface area contributed by atoms with Crippen LogP contribution >= 0.6 is 0 Å². The topological polar surface area (TPSA) is 29.3 Å². The van der Waals surface area contributed by atoms with E-state index in [0.29, 0.717) is 12.0 Å². The summed E-state index contributed by atoms with van der Waals surface area (Å²) in [5, 5.41) is 0. The molecular formula is C14H18F4N2. The zero-order valence-corrected chi connectivity index (χ0v) is 11.0. The SMILES string of the molecule is NC(CCN(CC(F)(F)F)C1CC1)c1cccc(F)c1. The van der Waals surface area contributed by atoms with Gasteiger partial charge in [0.15, 0.2) is 0 Å². The van der Waals surface area contributed by atoms with Gasteiger partial charge in [-0.1, -0.05) is 12.1 Å². The number of rotatable bonds is 6. The fourth-order valence-electron chi connectivity index (χ4n) is 2.27. The van der Waals surface area contributed by atoms with Crippen LogP contribution in [0, 0.1) is 5.82 Å². The Morgan fingerprint density at radius 1 is 1.30 bits per heavy atom. The van der Waals surface area contributed by atoms with Crippen molar-refractivity contribution in [3.05, 3.63) is 35.6 Å². The number of hydrogen-bond donors (Lipinski definition) is 1. The predicted molar refractivity (Wildman–Crippen MR) is 68.6 cm³/mol. The maximum atomic E-state index is 13.1. The normalized spacial score (nSPS) is 17.5. The van der Waals surface area contributed by atoms with Crippen LogP contribution in [0.2, 0.25) is 0 Å². The summed E-state index contributed by atoms with van der Waals surface area (Å²) >= 11 is 0. The van der Waals surface area contributed by atoms with Gasteiger partial charge in [-0.3, -0.25) is 4.90 Å². The smallest absolute Gasteiger partial charge is 0.324 e. The van der Waals surface area contributed by atoms with Gasteiger partial charge in [0.25, 0.3) is 0 Å². The summed E-state index contributed by atoms with van der Waals surface area (Å²) in [6.45, 7) is -0.616. The minimum atomic E-state index is -4.19. The lowest BCUT2D eigenvalue weighted by Gasteiger charge is -2.25. The molecule has 1 saturated carbocycles. The second-order valence-corrected chi connectivity index (χ2v) is 5.27. The quantitative estimate of drug-likeness (QED) is 0.815. The third kappa shape index (κ3) is 4.76. The first-order chi connectivity index (χ1) is 9.35. The molecule has 20 heavy (non-hydrogen) atoms. The van der Waals surface area contributed by atoms with Crippen molar-refractivity contribution < 1.29 is 17.6 Å². The molecule has 0 bridgehead atoms. The molecule has 1 unspecified atom stereocenters. The molecule has 1 fully saturated rings. The van der Waals surface area contributed by atoms with Crippen molar-refractivity contribution in [3.8, 4) is 0 Å². The maximum absolute atomic E-state index is 13.1. The molecule has 2 nitrogen and oxygen atoms in total. The summed E-state index contributed by atoms with van der Waals surface area (Å²) in [6.07, 6.45) is -2.18. The molecule has 2 rings (SSSR count). The molecule has 2 N–H and O–H groups in total. The van der Waals surface area contributed by atoms with E-state index in [1.54, 1.807) is 12.1 Å². The van der Waals surface area contributed by atoms with Gasteiger partial charge in [-0.05, 0) is 37.0 Å². The number of halogens is 4. The highest BCUT2D eigenvalue weighted by Gasteiger charge is 2.37. The van der Waals surface area contributed by atoms with Crippen LogP contribution in [-0.4, -0.2) is 30.2 Å². The monoisotopic (exact) mass is 290 g/mol. The zero-order valence-electron chi connectivity index (χ0n) is 11.0. The predicted octanol–water partition coefficient (Wildman–Crippen LogP) is 3.24. The first-order valence-corrected chi connectivity index (χ1v) is 6.67. The fourth-order valence-corrected chi connectivity index (χ4v) is 2.27. The van der Waals surface area contributed by atoms with E-state index in [2.05, 4.69) is 0 Å². The molecule has 1 aliphatic carbocycles. The summed E-state index contributed by atoms with van der Waals surface area (Å²) in [4.78, 5) is 1.43. The van der Waals surface area contributed by atoms with Gasteiger partial charge in [0.05, 0.1) is 6.54 Å². The second kappa shape index (κ2) is 6.10. The summed E-state index contributed by atoms with van der Waals surface area (Å²) < 4.78 is 50.5. The highest BCUT2D eigenvalue weighted by Crippen LogP contribution is 2.31. The van der Waals surface area contributed by atoms with Gasteiger partial charge in [0.2, 0.25) is 0 Å². The molecule has 0 aliphatic heterocycles. The van der Waals surface area contributed by atoms with Gasteiger partial charge in [-0.2, -0.15) is 13.2 Å².